The molecule has 4 nitrogen and oxygen atoms in total. The zero-order valence-corrected chi connectivity index (χ0v) is 12.1. The lowest BCUT2D eigenvalue weighted by Gasteiger charge is -2.00. The normalized spacial score (nSPS) is 10.7. The fourth-order valence-electron chi connectivity index (χ4n) is 1.87. The SMILES string of the molecule is NCCCCCNc1nc(Cc2cccc(F)c2)ns1. The molecule has 0 aliphatic carbocycles. The van der Waals surface area contributed by atoms with Gasteiger partial charge in [-0.1, -0.05) is 18.6 Å². The van der Waals surface area contributed by atoms with Crippen molar-refractivity contribution in [1.29, 1.82) is 0 Å². The second kappa shape index (κ2) is 7.91. The van der Waals surface area contributed by atoms with Gasteiger partial charge in [0.25, 0.3) is 0 Å². The van der Waals surface area contributed by atoms with E-state index >= 15 is 0 Å². The van der Waals surface area contributed by atoms with Crippen molar-refractivity contribution in [1.82, 2.24) is 9.36 Å². The van der Waals surface area contributed by atoms with Crippen molar-refractivity contribution in [3.8, 4) is 0 Å². The maximum Gasteiger partial charge on any atom is 0.202 e. The summed E-state index contributed by atoms with van der Waals surface area (Å²) in [5.74, 6) is 0.501. The van der Waals surface area contributed by atoms with E-state index in [-0.39, 0.29) is 5.82 Å². The van der Waals surface area contributed by atoms with Gasteiger partial charge in [0.2, 0.25) is 5.13 Å². The Balaban J connectivity index is 1.80. The number of nitrogens with two attached hydrogens (primary N) is 1. The number of rotatable bonds is 8. The van der Waals surface area contributed by atoms with Crippen molar-refractivity contribution in [2.45, 2.75) is 25.7 Å². The van der Waals surface area contributed by atoms with Crippen molar-refractivity contribution in [3.63, 3.8) is 0 Å². The first-order valence-electron chi connectivity index (χ1n) is 6.79. The van der Waals surface area contributed by atoms with E-state index < -0.39 is 0 Å². The van der Waals surface area contributed by atoms with E-state index in [0.717, 1.165) is 48.9 Å². The summed E-state index contributed by atoms with van der Waals surface area (Å²) in [4.78, 5) is 4.40. The Hall–Kier alpha value is -1.53. The van der Waals surface area contributed by atoms with Gasteiger partial charge in [0, 0.05) is 24.5 Å². The minimum Gasteiger partial charge on any atom is -0.360 e. The Bertz CT molecular complexity index is 529. The Morgan fingerprint density at radius 3 is 2.95 bits per heavy atom. The molecule has 0 saturated carbocycles. The lowest BCUT2D eigenvalue weighted by Crippen LogP contribution is -2.03. The van der Waals surface area contributed by atoms with Crippen LogP contribution in [0, 0.1) is 5.82 Å². The quantitative estimate of drug-likeness (QED) is 0.735. The third-order valence-corrected chi connectivity index (χ3v) is 3.59. The highest BCUT2D eigenvalue weighted by atomic mass is 32.1. The van der Waals surface area contributed by atoms with Gasteiger partial charge in [-0.05, 0) is 37.1 Å². The summed E-state index contributed by atoms with van der Waals surface area (Å²) in [5.41, 5.74) is 6.33. The van der Waals surface area contributed by atoms with Crippen LogP contribution >= 0.6 is 11.5 Å². The molecule has 1 aromatic carbocycles. The first kappa shape index (κ1) is 14.9. The molecule has 0 saturated heterocycles. The van der Waals surface area contributed by atoms with Crippen LogP contribution in [0.15, 0.2) is 24.3 Å². The molecule has 0 bridgehead atoms. The Labute approximate surface area is 122 Å². The van der Waals surface area contributed by atoms with E-state index in [1.807, 2.05) is 6.07 Å². The van der Waals surface area contributed by atoms with Crippen LogP contribution in [0.3, 0.4) is 0 Å². The smallest absolute Gasteiger partial charge is 0.202 e. The minimum absolute atomic E-state index is 0.226. The molecule has 108 valence electrons. The monoisotopic (exact) mass is 294 g/mol. The number of nitrogens with one attached hydrogen (secondary N) is 1. The average Bonchev–Trinajstić information content (AvgIpc) is 2.86. The van der Waals surface area contributed by atoms with Crippen LogP contribution < -0.4 is 11.1 Å². The van der Waals surface area contributed by atoms with E-state index in [2.05, 4.69) is 14.7 Å². The lowest BCUT2D eigenvalue weighted by atomic mass is 10.1. The zero-order valence-electron chi connectivity index (χ0n) is 11.3. The van der Waals surface area contributed by atoms with Crippen LogP contribution in [0.5, 0.6) is 0 Å². The van der Waals surface area contributed by atoms with E-state index in [4.69, 9.17) is 5.73 Å². The molecule has 0 unspecified atom stereocenters. The fourth-order valence-corrected chi connectivity index (χ4v) is 2.48. The largest absolute Gasteiger partial charge is 0.360 e. The highest BCUT2D eigenvalue weighted by molar-refractivity contribution is 7.09. The van der Waals surface area contributed by atoms with E-state index in [9.17, 15) is 4.39 Å². The Kier molecular flexibility index (Phi) is 5.88. The molecule has 6 heteroatoms. The van der Waals surface area contributed by atoms with E-state index in [0.29, 0.717) is 6.42 Å². The number of hydrogen-bond acceptors (Lipinski definition) is 5. The molecule has 20 heavy (non-hydrogen) atoms. The third-order valence-electron chi connectivity index (χ3n) is 2.88. The first-order chi connectivity index (χ1) is 9.78. The summed E-state index contributed by atoms with van der Waals surface area (Å²) in [5, 5.41) is 4.07. The number of unbranched alkanes of at least 4 members (excludes halogenated alkanes) is 2. The molecule has 2 rings (SSSR count). The van der Waals surface area contributed by atoms with Crippen molar-refractivity contribution >= 4 is 16.7 Å². The molecule has 0 aliphatic heterocycles. The second-order valence-corrected chi connectivity index (χ2v) is 5.35. The van der Waals surface area contributed by atoms with Gasteiger partial charge >= 0.3 is 0 Å². The molecule has 2 aromatic rings. The number of benzene rings is 1. The first-order valence-corrected chi connectivity index (χ1v) is 7.56. The Morgan fingerprint density at radius 2 is 2.15 bits per heavy atom. The van der Waals surface area contributed by atoms with Crippen molar-refractivity contribution in [2.24, 2.45) is 5.73 Å². The minimum atomic E-state index is -0.226. The van der Waals surface area contributed by atoms with Crippen molar-refractivity contribution < 1.29 is 4.39 Å². The maximum absolute atomic E-state index is 13.1. The van der Waals surface area contributed by atoms with Crippen LogP contribution in [0.4, 0.5) is 9.52 Å². The second-order valence-electron chi connectivity index (χ2n) is 4.60. The van der Waals surface area contributed by atoms with Crippen LogP contribution in [-0.4, -0.2) is 22.4 Å². The molecule has 0 atom stereocenters. The predicted octanol–water partition coefficient (Wildman–Crippen LogP) is 2.81. The van der Waals surface area contributed by atoms with Crippen molar-refractivity contribution in [2.75, 3.05) is 18.4 Å². The summed E-state index contributed by atoms with van der Waals surface area (Å²) in [6, 6.07) is 6.53. The number of nitrogens with zero attached hydrogens (tertiary/aromatic N) is 2. The fraction of sp³-hybridized carbons (Fsp3) is 0.429. The molecule has 0 spiro atoms. The standard InChI is InChI=1S/C14H19FN4S/c15-12-6-4-5-11(9-12)10-13-18-14(20-19-13)17-8-3-1-2-7-16/h4-6,9H,1-3,7-8,10,16H2,(H,17,18,19). The maximum atomic E-state index is 13.1. The van der Waals surface area contributed by atoms with Gasteiger partial charge in [-0.25, -0.2) is 9.37 Å². The molecule has 1 heterocycles. The van der Waals surface area contributed by atoms with Gasteiger partial charge in [-0.15, -0.1) is 0 Å². The van der Waals surface area contributed by atoms with Crippen LogP contribution in [0.1, 0.15) is 30.7 Å². The molecule has 0 fully saturated rings. The Morgan fingerprint density at radius 1 is 1.25 bits per heavy atom. The van der Waals surface area contributed by atoms with Gasteiger partial charge in [-0.2, -0.15) is 4.37 Å². The topological polar surface area (TPSA) is 63.8 Å². The number of hydrogen-bond donors (Lipinski definition) is 2. The van der Waals surface area contributed by atoms with Gasteiger partial charge in [0.1, 0.15) is 11.6 Å². The van der Waals surface area contributed by atoms with Gasteiger partial charge < -0.3 is 11.1 Å². The summed E-state index contributed by atoms with van der Waals surface area (Å²) < 4.78 is 17.4. The van der Waals surface area contributed by atoms with Crippen LogP contribution in [-0.2, 0) is 6.42 Å². The molecular weight excluding hydrogens is 275 g/mol. The highest BCUT2D eigenvalue weighted by Gasteiger charge is 2.05. The number of aromatic nitrogens is 2. The molecule has 0 aliphatic rings. The predicted molar refractivity (Wildman–Crippen MR) is 80.5 cm³/mol. The van der Waals surface area contributed by atoms with E-state index in [1.165, 1.54) is 23.7 Å². The van der Waals surface area contributed by atoms with Gasteiger partial charge in [-0.3, -0.25) is 0 Å². The van der Waals surface area contributed by atoms with Gasteiger partial charge in [0.05, 0.1) is 0 Å². The molecule has 0 amide bonds. The zero-order chi connectivity index (χ0) is 14.2. The number of halogens is 1. The molecule has 3 N–H and O–H groups in total. The third kappa shape index (κ3) is 4.86. The van der Waals surface area contributed by atoms with E-state index in [1.54, 1.807) is 6.07 Å². The van der Waals surface area contributed by atoms with Gasteiger partial charge in [0.15, 0.2) is 0 Å². The van der Waals surface area contributed by atoms with Crippen molar-refractivity contribution in [3.05, 3.63) is 41.5 Å². The molecule has 0 radical (unpaired) electrons. The summed E-state index contributed by atoms with van der Waals surface area (Å²) in [6.45, 7) is 1.63. The summed E-state index contributed by atoms with van der Waals surface area (Å²) in [7, 11) is 0. The number of anilines is 1. The summed E-state index contributed by atoms with van der Waals surface area (Å²) in [6.07, 6.45) is 3.82. The lowest BCUT2D eigenvalue weighted by molar-refractivity contribution is 0.626. The summed E-state index contributed by atoms with van der Waals surface area (Å²) >= 11 is 1.35. The van der Waals surface area contributed by atoms with Crippen LogP contribution in [0.25, 0.3) is 0 Å². The molecule has 1 aromatic heterocycles. The van der Waals surface area contributed by atoms with Crippen LogP contribution in [0.2, 0.25) is 0 Å². The molecular formula is C14H19FN4S. The average molecular weight is 294 g/mol. The highest BCUT2D eigenvalue weighted by Crippen LogP contribution is 2.15.